The lowest BCUT2D eigenvalue weighted by molar-refractivity contribution is 0.0371. The highest BCUT2D eigenvalue weighted by atomic mass is 16.2. The van der Waals surface area contributed by atoms with Gasteiger partial charge in [0.05, 0.1) is 5.56 Å². The van der Waals surface area contributed by atoms with Crippen LogP contribution in [0.1, 0.15) is 48.7 Å². The van der Waals surface area contributed by atoms with Crippen molar-refractivity contribution in [3.8, 4) is 0 Å². The summed E-state index contributed by atoms with van der Waals surface area (Å²) in [6.45, 7) is 11.9. The molecule has 0 saturated carbocycles. The number of nitrogens with zero attached hydrogens (tertiary/aromatic N) is 4. The second-order valence-corrected chi connectivity index (χ2v) is 7.73. The molecule has 0 bridgehead atoms. The molecule has 1 unspecified atom stereocenters. The number of hydrogen-bond acceptors (Lipinski definition) is 5. The number of carbonyl (C=O) groups excluding carboxylic acids is 1. The Bertz CT molecular complexity index is 790. The lowest BCUT2D eigenvalue weighted by Gasteiger charge is -2.43. The Labute approximate surface area is 168 Å². The first-order valence-corrected chi connectivity index (χ1v) is 10.1. The average Bonchev–Trinajstić information content (AvgIpc) is 2.72. The summed E-state index contributed by atoms with van der Waals surface area (Å²) >= 11 is 0. The fraction of sp³-hybridized carbons (Fsp3) is 0.500. The lowest BCUT2D eigenvalue weighted by atomic mass is 10.1. The summed E-state index contributed by atoms with van der Waals surface area (Å²) in [4.78, 5) is 25.9. The van der Waals surface area contributed by atoms with Gasteiger partial charge in [0.15, 0.2) is 0 Å². The van der Waals surface area contributed by atoms with E-state index in [9.17, 15) is 4.79 Å². The largest absolute Gasteiger partial charge is 0.366 e. The fourth-order valence-electron chi connectivity index (χ4n) is 3.79. The zero-order chi connectivity index (χ0) is 20.1. The highest BCUT2D eigenvalue weighted by Crippen LogP contribution is 2.18. The molecule has 2 aromatic rings. The van der Waals surface area contributed by atoms with Crippen LogP contribution in [0.25, 0.3) is 0 Å². The van der Waals surface area contributed by atoms with E-state index in [1.165, 1.54) is 5.56 Å². The molecule has 3 heterocycles. The summed E-state index contributed by atoms with van der Waals surface area (Å²) in [7, 11) is 0. The normalized spacial score (nSPS) is 17.8. The Morgan fingerprint density at radius 2 is 2.07 bits per heavy atom. The molecule has 1 saturated heterocycles. The van der Waals surface area contributed by atoms with Gasteiger partial charge in [-0.25, -0.2) is 4.98 Å². The van der Waals surface area contributed by atoms with Gasteiger partial charge in [0.25, 0.3) is 5.91 Å². The summed E-state index contributed by atoms with van der Waals surface area (Å²) in [5.74, 6) is 0.842. The maximum absolute atomic E-state index is 12.9. The minimum absolute atomic E-state index is 0.0749. The maximum Gasteiger partial charge on any atom is 0.255 e. The van der Waals surface area contributed by atoms with E-state index in [4.69, 9.17) is 0 Å². The number of hydrogen-bond donors (Lipinski definition) is 1. The molecule has 1 aliphatic heterocycles. The van der Waals surface area contributed by atoms with Crippen LogP contribution in [-0.2, 0) is 6.54 Å². The molecule has 150 valence electrons. The SMILES string of the molecule is CCC1CN(C(=O)c2ccc(NCc3ccncc3C)nc2)CCN1C(C)C. The molecule has 1 N–H and O–H groups in total. The van der Waals surface area contributed by atoms with E-state index in [1.807, 2.05) is 36.2 Å². The monoisotopic (exact) mass is 381 g/mol. The van der Waals surface area contributed by atoms with Crippen molar-refractivity contribution in [2.24, 2.45) is 0 Å². The van der Waals surface area contributed by atoms with Crippen molar-refractivity contribution in [2.45, 2.75) is 52.7 Å². The van der Waals surface area contributed by atoms with Crippen molar-refractivity contribution in [3.63, 3.8) is 0 Å². The number of aromatic nitrogens is 2. The van der Waals surface area contributed by atoms with Crippen LogP contribution in [0.15, 0.2) is 36.8 Å². The van der Waals surface area contributed by atoms with Crippen molar-refractivity contribution in [3.05, 3.63) is 53.5 Å². The van der Waals surface area contributed by atoms with E-state index in [1.54, 1.807) is 12.4 Å². The van der Waals surface area contributed by atoms with E-state index in [2.05, 4.69) is 41.0 Å². The highest BCUT2D eigenvalue weighted by molar-refractivity contribution is 5.94. The molecule has 1 fully saturated rings. The summed E-state index contributed by atoms with van der Waals surface area (Å²) in [5, 5.41) is 3.31. The van der Waals surface area contributed by atoms with E-state index in [0.717, 1.165) is 37.4 Å². The van der Waals surface area contributed by atoms with Gasteiger partial charge in [0, 0.05) is 56.9 Å². The highest BCUT2D eigenvalue weighted by Gasteiger charge is 2.30. The fourth-order valence-corrected chi connectivity index (χ4v) is 3.79. The van der Waals surface area contributed by atoms with E-state index >= 15 is 0 Å². The van der Waals surface area contributed by atoms with Crippen LogP contribution >= 0.6 is 0 Å². The third-order valence-electron chi connectivity index (χ3n) is 5.56. The molecule has 0 radical (unpaired) electrons. The molecule has 1 atom stereocenters. The first-order chi connectivity index (χ1) is 13.5. The van der Waals surface area contributed by atoms with Gasteiger partial charge < -0.3 is 10.2 Å². The molecule has 0 spiro atoms. The van der Waals surface area contributed by atoms with Crippen molar-refractivity contribution >= 4 is 11.7 Å². The van der Waals surface area contributed by atoms with Crippen molar-refractivity contribution < 1.29 is 4.79 Å². The molecule has 1 amide bonds. The van der Waals surface area contributed by atoms with Gasteiger partial charge in [0.1, 0.15) is 5.82 Å². The summed E-state index contributed by atoms with van der Waals surface area (Å²) in [5.41, 5.74) is 2.98. The number of carbonyl (C=O) groups is 1. The second kappa shape index (κ2) is 9.15. The number of pyridine rings is 2. The third kappa shape index (κ3) is 4.68. The predicted octanol–water partition coefficient (Wildman–Crippen LogP) is 3.34. The lowest BCUT2D eigenvalue weighted by Crippen LogP contribution is -2.56. The Hall–Kier alpha value is -2.47. The smallest absolute Gasteiger partial charge is 0.255 e. The molecule has 0 aromatic carbocycles. The van der Waals surface area contributed by atoms with Gasteiger partial charge in [-0.05, 0) is 56.5 Å². The van der Waals surface area contributed by atoms with Crippen LogP contribution in [0.5, 0.6) is 0 Å². The van der Waals surface area contributed by atoms with Gasteiger partial charge >= 0.3 is 0 Å². The number of rotatable bonds is 6. The van der Waals surface area contributed by atoms with E-state index in [-0.39, 0.29) is 5.91 Å². The zero-order valence-corrected chi connectivity index (χ0v) is 17.4. The number of nitrogens with one attached hydrogen (secondary N) is 1. The van der Waals surface area contributed by atoms with Gasteiger partial charge in [0.2, 0.25) is 0 Å². The molecular weight excluding hydrogens is 350 g/mol. The molecule has 0 aliphatic carbocycles. The van der Waals surface area contributed by atoms with Crippen LogP contribution in [-0.4, -0.2) is 57.4 Å². The molecule has 6 nitrogen and oxygen atoms in total. The topological polar surface area (TPSA) is 61.4 Å². The number of anilines is 1. The Kier molecular flexibility index (Phi) is 6.62. The van der Waals surface area contributed by atoms with Crippen LogP contribution < -0.4 is 5.32 Å². The summed E-state index contributed by atoms with van der Waals surface area (Å²) in [6.07, 6.45) is 6.38. The Morgan fingerprint density at radius 1 is 1.25 bits per heavy atom. The number of amides is 1. The predicted molar refractivity (Wildman–Crippen MR) is 112 cm³/mol. The standard InChI is InChI=1S/C22H31N5O/c1-5-20-15-26(10-11-27(20)16(2)3)22(28)19-6-7-21(25-14-19)24-13-18-8-9-23-12-17(18)4/h6-9,12,14,16,20H,5,10-11,13,15H2,1-4H3,(H,24,25). The first-order valence-electron chi connectivity index (χ1n) is 10.1. The number of piperazine rings is 1. The molecule has 6 heteroatoms. The summed E-state index contributed by atoms with van der Waals surface area (Å²) in [6, 6.07) is 6.69. The Balaban J connectivity index is 1.60. The van der Waals surface area contributed by atoms with E-state index < -0.39 is 0 Å². The maximum atomic E-state index is 12.9. The molecule has 28 heavy (non-hydrogen) atoms. The molecule has 2 aromatic heterocycles. The minimum atomic E-state index is 0.0749. The minimum Gasteiger partial charge on any atom is -0.366 e. The number of aryl methyl sites for hydroxylation is 1. The van der Waals surface area contributed by atoms with E-state index in [0.29, 0.717) is 24.2 Å². The van der Waals surface area contributed by atoms with Crippen molar-refractivity contribution in [2.75, 3.05) is 25.0 Å². The quantitative estimate of drug-likeness (QED) is 0.831. The third-order valence-corrected chi connectivity index (χ3v) is 5.56. The van der Waals surface area contributed by atoms with Crippen LogP contribution in [0.3, 0.4) is 0 Å². The average molecular weight is 382 g/mol. The van der Waals surface area contributed by atoms with Gasteiger partial charge in [-0.2, -0.15) is 0 Å². The van der Waals surface area contributed by atoms with Crippen LogP contribution in [0, 0.1) is 6.92 Å². The van der Waals surface area contributed by atoms with Crippen LogP contribution in [0.2, 0.25) is 0 Å². The molecular formula is C22H31N5O. The molecule has 1 aliphatic rings. The van der Waals surface area contributed by atoms with Gasteiger partial charge in [-0.3, -0.25) is 14.7 Å². The first kappa shape index (κ1) is 20.3. The van der Waals surface area contributed by atoms with Gasteiger partial charge in [-0.1, -0.05) is 6.92 Å². The van der Waals surface area contributed by atoms with Crippen molar-refractivity contribution in [1.29, 1.82) is 0 Å². The Morgan fingerprint density at radius 3 is 2.71 bits per heavy atom. The summed E-state index contributed by atoms with van der Waals surface area (Å²) < 4.78 is 0. The zero-order valence-electron chi connectivity index (χ0n) is 17.4. The van der Waals surface area contributed by atoms with Crippen molar-refractivity contribution in [1.82, 2.24) is 19.8 Å². The van der Waals surface area contributed by atoms with Crippen LogP contribution in [0.4, 0.5) is 5.82 Å². The molecule has 3 rings (SSSR count). The van der Waals surface area contributed by atoms with Gasteiger partial charge in [-0.15, -0.1) is 0 Å². The second-order valence-electron chi connectivity index (χ2n) is 7.73.